The minimum absolute atomic E-state index is 0.128. The van der Waals surface area contributed by atoms with Crippen LogP contribution < -0.4 is 5.32 Å². The molecule has 0 heterocycles. The third-order valence-corrected chi connectivity index (χ3v) is 2.46. The summed E-state index contributed by atoms with van der Waals surface area (Å²) in [6.07, 6.45) is -2.16. The molecule has 0 aromatic carbocycles. The van der Waals surface area contributed by atoms with Gasteiger partial charge in [-0.3, -0.25) is 10.2 Å². The van der Waals surface area contributed by atoms with E-state index in [4.69, 9.17) is 5.26 Å². The Labute approximate surface area is 93.2 Å². The Morgan fingerprint density at radius 2 is 2.12 bits per heavy atom. The fourth-order valence-electron chi connectivity index (χ4n) is 1.48. The zero-order valence-corrected chi connectivity index (χ0v) is 9.22. The molecule has 1 saturated carbocycles. The monoisotopic (exact) mass is 235 g/mol. The summed E-state index contributed by atoms with van der Waals surface area (Å²) in [6, 6.07) is 1.83. The van der Waals surface area contributed by atoms with Crippen LogP contribution in [0.3, 0.4) is 0 Å². The highest BCUT2D eigenvalue weighted by Gasteiger charge is 2.32. The second-order valence-electron chi connectivity index (χ2n) is 4.07. The van der Waals surface area contributed by atoms with Crippen LogP contribution in [0.4, 0.5) is 13.2 Å². The van der Waals surface area contributed by atoms with Crippen LogP contribution in [0.25, 0.3) is 0 Å². The number of alkyl halides is 3. The maximum Gasteiger partial charge on any atom is 0.401 e. The number of hydrogen-bond donors (Lipinski definition) is 1. The van der Waals surface area contributed by atoms with Crippen molar-refractivity contribution < 1.29 is 13.2 Å². The fourth-order valence-corrected chi connectivity index (χ4v) is 1.48. The normalized spacial score (nSPS) is 18.5. The van der Waals surface area contributed by atoms with Crippen molar-refractivity contribution >= 4 is 0 Å². The number of nitrogens with one attached hydrogen (secondary N) is 1. The Hall–Kier alpha value is -0.800. The third kappa shape index (κ3) is 5.33. The zero-order valence-electron chi connectivity index (χ0n) is 9.22. The van der Waals surface area contributed by atoms with E-state index in [0.29, 0.717) is 12.6 Å². The quantitative estimate of drug-likeness (QED) is 0.758. The zero-order chi connectivity index (χ0) is 12.2. The lowest BCUT2D eigenvalue weighted by atomic mass is 10.3. The van der Waals surface area contributed by atoms with Gasteiger partial charge in [-0.25, -0.2) is 0 Å². The average Bonchev–Trinajstić information content (AvgIpc) is 2.97. The SMILES string of the molecule is CCN(CC(C#N)NC1CC1)CC(F)(F)F. The molecule has 0 saturated heterocycles. The van der Waals surface area contributed by atoms with Crippen molar-refractivity contribution in [1.82, 2.24) is 10.2 Å². The highest BCUT2D eigenvalue weighted by atomic mass is 19.4. The molecule has 6 heteroatoms. The van der Waals surface area contributed by atoms with E-state index in [9.17, 15) is 13.2 Å². The lowest BCUT2D eigenvalue weighted by molar-refractivity contribution is -0.145. The molecular formula is C10H16F3N3. The molecule has 1 rings (SSSR count). The topological polar surface area (TPSA) is 39.1 Å². The largest absolute Gasteiger partial charge is 0.401 e. The van der Waals surface area contributed by atoms with E-state index in [2.05, 4.69) is 5.32 Å². The maximum absolute atomic E-state index is 12.2. The van der Waals surface area contributed by atoms with Gasteiger partial charge in [0, 0.05) is 12.6 Å². The van der Waals surface area contributed by atoms with Crippen LogP contribution in [0.15, 0.2) is 0 Å². The van der Waals surface area contributed by atoms with Crippen LogP contribution >= 0.6 is 0 Å². The van der Waals surface area contributed by atoms with Gasteiger partial charge in [0.15, 0.2) is 0 Å². The molecule has 1 unspecified atom stereocenters. The third-order valence-electron chi connectivity index (χ3n) is 2.46. The molecule has 0 aromatic heterocycles. The second kappa shape index (κ2) is 5.51. The molecule has 1 N–H and O–H groups in total. The van der Waals surface area contributed by atoms with Gasteiger partial charge in [0.1, 0.15) is 6.04 Å². The second-order valence-corrected chi connectivity index (χ2v) is 4.07. The van der Waals surface area contributed by atoms with Crippen molar-refractivity contribution in [3.8, 4) is 6.07 Å². The molecule has 0 spiro atoms. The van der Waals surface area contributed by atoms with Crippen LogP contribution in [0.1, 0.15) is 19.8 Å². The lowest BCUT2D eigenvalue weighted by Gasteiger charge is -2.24. The predicted octanol–water partition coefficient (Wildman–Crippen LogP) is 1.51. The molecule has 3 nitrogen and oxygen atoms in total. The Kier molecular flexibility index (Phi) is 4.56. The first kappa shape index (κ1) is 13.3. The summed E-state index contributed by atoms with van der Waals surface area (Å²) in [4.78, 5) is 1.24. The molecule has 0 aliphatic heterocycles. The highest BCUT2D eigenvalue weighted by Crippen LogP contribution is 2.20. The van der Waals surface area contributed by atoms with E-state index < -0.39 is 18.8 Å². The first-order chi connectivity index (χ1) is 7.44. The van der Waals surface area contributed by atoms with Crippen LogP contribution in [-0.4, -0.2) is 42.8 Å². The molecule has 0 radical (unpaired) electrons. The fraction of sp³-hybridized carbons (Fsp3) is 0.900. The van der Waals surface area contributed by atoms with E-state index in [1.807, 2.05) is 6.07 Å². The first-order valence-corrected chi connectivity index (χ1v) is 5.39. The summed E-state index contributed by atoms with van der Waals surface area (Å²) in [6.45, 7) is 1.14. The number of halogens is 3. The van der Waals surface area contributed by atoms with E-state index >= 15 is 0 Å². The summed E-state index contributed by atoms with van der Waals surface area (Å²) in [7, 11) is 0. The van der Waals surface area contributed by atoms with Crippen molar-refractivity contribution in [3.05, 3.63) is 0 Å². The van der Waals surface area contributed by atoms with E-state index in [1.165, 1.54) is 4.90 Å². The maximum atomic E-state index is 12.2. The number of nitrogens with zero attached hydrogens (tertiary/aromatic N) is 2. The van der Waals surface area contributed by atoms with Gasteiger partial charge in [-0.1, -0.05) is 6.92 Å². The summed E-state index contributed by atoms with van der Waals surface area (Å²) in [5.74, 6) is 0. The van der Waals surface area contributed by atoms with Gasteiger partial charge < -0.3 is 0 Å². The first-order valence-electron chi connectivity index (χ1n) is 5.39. The molecule has 92 valence electrons. The molecule has 0 amide bonds. The highest BCUT2D eigenvalue weighted by molar-refractivity contribution is 4.97. The number of hydrogen-bond acceptors (Lipinski definition) is 3. The Balaban J connectivity index is 2.37. The average molecular weight is 235 g/mol. The van der Waals surface area contributed by atoms with Crippen LogP contribution in [0, 0.1) is 11.3 Å². The number of nitriles is 1. The minimum atomic E-state index is -4.20. The molecule has 1 atom stereocenters. The van der Waals surface area contributed by atoms with Crippen molar-refractivity contribution in [2.45, 2.75) is 38.0 Å². The van der Waals surface area contributed by atoms with Crippen molar-refractivity contribution in [1.29, 1.82) is 5.26 Å². The summed E-state index contributed by atoms with van der Waals surface area (Å²) in [5.41, 5.74) is 0. The van der Waals surface area contributed by atoms with Gasteiger partial charge in [-0.2, -0.15) is 18.4 Å². The van der Waals surface area contributed by atoms with E-state index in [0.717, 1.165) is 12.8 Å². The molecule has 1 fully saturated rings. The number of likely N-dealkylation sites (N-methyl/N-ethyl adjacent to an activating group) is 1. The molecule has 0 bridgehead atoms. The van der Waals surface area contributed by atoms with Gasteiger partial charge in [0.25, 0.3) is 0 Å². The van der Waals surface area contributed by atoms with Gasteiger partial charge in [-0.05, 0) is 19.4 Å². The summed E-state index contributed by atoms with van der Waals surface area (Å²) >= 11 is 0. The van der Waals surface area contributed by atoms with Gasteiger partial charge >= 0.3 is 6.18 Å². The van der Waals surface area contributed by atoms with E-state index in [-0.39, 0.29) is 6.54 Å². The van der Waals surface area contributed by atoms with Gasteiger partial charge in [0.2, 0.25) is 0 Å². The molecule has 1 aliphatic rings. The van der Waals surface area contributed by atoms with Crippen molar-refractivity contribution in [2.75, 3.05) is 19.6 Å². The lowest BCUT2D eigenvalue weighted by Crippen LogP contribution is -2.44. The Bertz CT molecular complexity index is 255. The van der Waals surface area contributed by atoms with Crippen LogP contribution in [-0.2, 0) is 0 Å². The summed E-state index contributed by atoms with van der Waals surface area (Å²) < 4.78 is 36.5. The molecule has 16 heavy (non-hydrogen) atoms. The predicted molar refractivity (Wildman–Crippen MR) is 53.7 cm³/mol. The van der Waals surface area contributed by atoms with E-state index in [1.54, 1.807) is 6.92 Å². The van der Waals surface area contributed by atoms with Gasteiger partial charge in [0.05, 0.1) is 12.6 Å². The minimum Gasteiger partial charge on any atom is -0.298 e. The standard InChI is InChI=1S/C10H16F3N3/c1-2-16(7-10(11,12)13)6-9(5-14)15-8-3-4-8/h8-9,15H,2-4,6-7H2,1H3. The molecule has 0 aromatic rings. The van der Waals surface area contributed by atoms with Crippen molar-refractivity contribution in [3.63, 3.8) is 0 Å². The molecular weight excluding hydrogens is 219 g/mol. The van der Waals surface area contributed by atoms with Crippen LogP contribution in [0.2, 0.25) is 0 Å². The van der Waals surface area contributed by atoms with Gasteiger partial charge in [-0.15, -0.1) is 0 Å². The number of rotatable bonds is 6. The summed E-state index contributed by atoms with van der Waals surface area (Å²) in [5, 5.41) is 11.8. The smallest absolute Gasteiger partial charge is 0.298 e. The molecule has 1 aliphatic carbocycles. The Morgan fingerprint density at radius 3 is 2.50 bits per heavy atom. The Morgan fingerprint density at radius 1 is 1.50 bits per heavy atom. The van der Waals surface area contributed by atoms with Crippen LogP contribution in [0.5, 0.6) is 0 Å². The van der Waals surface area contributed by atoms with Crippen molar-refractivity contribution in [2.24, 2.45) is 0 Å².